The van der Waals surface area contributed by atoms with Gasteiger partial charge >= 0.3 is 18.0 Å². The lowest BCUT2D eigenvalue weighted by Crippen LogP contribution is -2.47. The number of hydrogen-bond acceptors (Lipinski definition) is 6. The van der Waals surface area contributed by atoms with Gasteiger partial charge in [-0.05, 0) is 31.0 Å². The van der Waals surface area contributed by atoms with Crippen molar-refractivity contribution < 1.29 is 28.6 Å². The minimum absolute atomic E-state index is 0.165. The van der Waals surface area contributed by atoms with Crippen LogP contribution in [0.15, 0.2) is 47.7 Å². The smallest absolute Gasteiger partial charge is 0.338 e. The summed E-state index contributed by atoms with van der Waals surface area (Å²) < 4.78 is 15.4. The topological polar surface area (TPSA) is 103 Å². The van der Waals surface area contributed by atoms with Crippen LogP contribution in [0, 0.1) is 0 Å². The van der Waals surface area contributed by atoms with E-state index >= 15 is 0 Å². The predicted octanol–water partition coefficient (Wildman–Crippen LogP) is 2.38. The molecule has 8 heteroatoms. The van der Waals surface area contributed by atoms with Crippen LogP contribution in [0.3, 0.4) is 0 Å². The molecule has 1 heterocycles. The number of hydrogen-bond donors (Lipinski definition) is 2. The van der Waals surface area contributed by atoms with Gasteiger partial charge in [-0.25, -0.2) is 14.4 Å². The van der Waals surface area contributed by atoms with Crippen LogP contribution in [0.4, 0.5) is 4.79 Å². The second-order valence-corrected chi connectivity index (χ2v) is 5.84. The van der Waals surface area contributed by atoms with E-state index in [4.69, 9.17) is 14.2 Å². The van der Waals surface area contributed by atoms with Crippen molar-refractivity contribution in [1.29, 1.82) is 0 Å². The van der Waals surface area contributed by atoms with Crippen LogP contribution in [0.5, 0.6) is 5.75 Å². The number of benzene rings is 1. The average Bonchev–Trinajstić information content (AvgIpc) is 2.70. The fraction of sp³-hybridized carbons (Fsp3) is 0.350. The molecule has 0 fully saturated rings. The maximum atomic E-state index is 12.6. The first-order valence-electron chi connectivity index (χ1n) is 8.95. The Morgan fingerprint density at radius 1 is 1.14 bits per heavy atom. The van der Waals surface area contributed by atoms with Gasteiger partial charge in [-0.1, -0.05) is 25.1 Å². The van der Waals surface area contributed by atoms with E-state index in [-0.39, 0.29) is 24.5 Å². The van der Waals surface area contributed by atoms with Crippen molar-refractivity contribution in [2.24, 2.45) is 0 Å². The molecule has 2 amide bonds. The Bertz CT molecular complexity index is 782. The van der Waals surface area contributed by atoms with Crippen LogP contribution >= 0.6 is 0 Å². The summed E-state index contributed by atoms with van der Waals surface area (Å²) in [6, 6.07) is 5.66. The standard InChI is InChI=1S/C20H24N2O6/c1-4-6-7-16(23)28-12-15-17(19(24)27-5-2)18(22-20(25)21-15)13-8-10-14(26-3)11-9-13/h6-11,18H,4-5,12H2,1-3H3,(H2,21,22,25)/b7-6+. The van der Waals surface area contributed by atoms with Crippen LogP contribution in [0.1, 0.15) is 31.9 Å². The largest absolute Gasteiger partial charge is 0.497 e. The summed E-state index contributed by atoms with van der Waals surface area (Å²) in [6.07, 6.45) is 3.64. The molecule has 0 spiro atoms. The van der Waals surface area contributed by atoms with E-state index < -0.39 is 24.0 Å². The number of nitrogens with one attached hydrogen (secondary N) is 2. The third kappa shape index (κ3) is 5.35. The van der Waals surface area contributed by atoms with Gasteiger partial charge < -0.3 is 24.8 Å². The summed E-state index contributed by atoms with van der Waals surface area (Å²) in [4.78, 5) is 36.5. The summed E-state index contributed by atoms with van der Waals surface area (Å²) in [5, 5.41) is 5.25. The summed E-state index contributed by atoms with van der Waals surface area (Å²) in [5.74, 6) is -0.528. The third-order valence-corrected chi connectivity index (χ3v) is 3.95. The van der Waals surface area contributed by atoms with E-state index in [9.17, 15) is 14.4 Å². The Labute approximate surface area is 163 Å². The molecule has 28 heavy (non-hydrogen) atoms. The Kier molecular flexibility index (Phi) is 7.62. The van der Waals surface area contributed by atoms with Gasteiger partial charge in [0.1, 0.15) is 12.4 Å². The molecule has 1 aromatic carbocycles. The lowest BCUT2D eigenvalue weighted by molar-refractivity contribution is -0.140. The van der Waals surface area contributed by atoms with Gasteiger partial charge in [0.15, 0.2) is 0 Å². The summed E-state index contributed by atoms with van der Waals surface area (Å²) in [6.45, 7) is 3.47. The van der Waals surface area contributed by atoms with Crippen LogP contribution in [0.2, 0.25) is 0 Å². The Morgan fingerprint density at radius 2 is 1.86 bits per heavy atom. The van der Waals surface area contributed by atoms with Gasteiger partial charge in [0.25, 0.3) is 0 Å². The normalized spacial score (nSPS) is 16.4. The SMILES string of the molecule is CC/C=C/C(=O)OCC1=C(C(=O)OCC)C(c2ccc(OC)cc2)NC(=O)N1. The Balaban J connectivity index is 2.37. The minimum atomic E-state index is -0.751. The molecule has 2 N–H and O–H groups in total. The number of ether oxygens (including phenoxy) is 3. The zero-order chi connectivity index (χ0) is 20.5. The highest BCUT2D eigenvalue weighted by Crippen LogP contribution is 2.29. The van der Waals surface area contributed by atoms with Crippen LogP contribution in [-0.4, -0.2) is 38.3 Å². The molecule has 0 saturated heterocycles. The van der Waals surface area contributed by atoms with Crippen molar-refractivity contribution in [3.8, 4) is 5.75 Å². The van der Waals surface area contributed by atoms with E-state index in [0.29, 0.717) is 17.7 Å². The number of rotatable bonds is 8. The maximum absolute atomic E-state index is 12.6. The van der Waals surface area contributed by atoms with Crippen LogP contribution in [0.25, 0.3) is 0 Å². The molecule has 0 aliphatic carbocycles. The number of esters is 2. The molecule has 150 valence electrons. The van der Waals surface area contributed by atoms with Gasteiger partial charge in [0.2, 0.25) is 0 Å². The summed E-state index contributed by atoms with van der Waals surface area (Å²) >= 11 is 0. The van der Waals surface area contributed by atoms with Gasteiger partial charge in [-0.3, -0.25) is 0 Å². The van der Waals surface area contributed by atoms with E-state index in [1.54, 1.807) is 44.4 Å². The lowest BCUT2D eigenvalue weighted by atomic mass is 9.95. The molecular weight excluding hydrogens is 364 g/mol. The van der Waals surface area contributed by atoms with E-state index in [0.717, 1.165) is 0 Å². The van der Waals surface area contributed by atoms with E-state index in [1.807, 2.05) is 6.92 Å². The third-order valence-electron chi connectivity index (χ3n) is 3.95. The van der Waals surface area contributed by atoms with Crippen molar-refractivity contribution in [1.82, 2.24) is 10.6 Å². The fourth-order valence-corrected chi connectivity index (χ4v) is 2.63. The molecule has 0 bridgehead atoms. The first-order valence-corrected chi connectivity index (χ1v) is 8.95. The first kappa shape index (κ1) is 21.0. The molecule has 1 atom stereocenters. The molecule has 1 unspecified atom stereocenters. The molecule has 8 nitrogen and oxygen atoms in total. The number of carbonyl (C=O) groups excluding carboxylic acids is 3. The van der Waals surface area contributed by atoms with Crippen LogP contribution < -0.4 is 15.4 Å². The van der Waals surface area contributed by atoms with Crippen molar-refractivity contribution in [3.05, 3.63) is 53.3 Å². The Morgan fingerprint density at radius 3 is 2.46 bits per heavy atom. The molecule has 1 aliphatic rings. The summed E-state index contributed by atoms with van der Waals surface area (Å²) in [7, 11) is 1.55. The average molecular weight is 388 g/mol. The first-order chi connectivity index (χ1) is 13.5. The highest BCUT2D eigenvalue weighted by molar-refractivity contribution is 5.95. The highest BCUT2D eigenvalue weighted by Gasteiger charge is 2.34. The molecule has 1 aromatic rings. The second kappa shape index (κ2) is 10.1. The molecule has 0 saturated carbocycles. The summed E-state index contributed by atoms with van der Waals surface area (Å²) in [5.41, 5.74) is 1.02. The molecule has 1 aliphatic heterocycles. The number of carbonyl (C=O) groups is 3. The van der Waals surface area contributed by atoms with Crippen molar-refractivity contribution in [3.63, 3.8) is 0 Å². The molecule has 2 rings (SSSR count). The minimum Gasteiger partial charge on any atom is -0.497 e. The molecular formula is C20H24N2O6. The molecule has 0 radical (unpaired) electrons. The number of amides is 2. The van der Waals surface area contributed by atoms with Gasteiger partial charge in [0.05, 0.1) is 31.0 Å². The van der Waals surface area contributed by atoms with Gasteiger partial charge in [0, 0.05) is 6.08 Å². The van der Waals surface area contributed by atoms with Crippen molar-refractivity contribution in [2.75, 3.05) is 20.3 Å². The van der Waals surface area contributed by atoms with Crippen molar-refractivity contribution in [2.45, 2.75) is 26.3 Å². The van der Waals surface area contributed by atoms with Crippen molar-refractivity contribution >= 4 is 18.0 Å². The van der Waals surface area contributed by atoms with Gasteiger partial charge in [-0.2, -0.15) is 0 Å². The highest BCUT2D eigenvalue weighted by atomic mass is 16.5. The van der Waals surface area contributed by atoms with Gasteiger partial charge in [-0.15, -0.1) is 0 Å². The predicted molar refractivity (Wildman–Crippen MR) is 101 cm³/mol. The van der Waals surface area contributed by atoms with Crippen LogP contribution in [-0.2, 0) is 19.1 Å². The number of methoxy groups -OCH3 is 1. The zero-order valence-corrected chi connectivity index (χ0v) is 16.1. The monoisotopic (exact) mass is 388 g/mol. The number of allylic oxidation sites excluding steroid dienone is 1. The van der Waals surface area contributed by atoms with E-state index in [1.165, 1.54) is 6.08 Å². The number of urea groups is 1. The fourth-order valence-electron chi connectivity index (χ4n) is 2.63. The quantitative estimate of drug-likeness (QED) is 0.524. The lowest BCUT2D eigenvalue weighted by Gasteiger charge is -2.29. The molecule has 0 aromatic heterocycles. The Hall–Kier alpha value is -3.29. The second-order valence-electron chi connectivity index (χ2n) is 5.84. The zero-order valence-electron chi connectivity index (χ0n) is 16.1. The van der Waals surface area contributed by atoms with E-state index in [2.05, 4.69) is 10.6 Å². The maximum Gasteiger partial charge on any atom is 0.338 e.